The van der Waals surface area contributed by atoms with Crippen molar-refractivity contribution in [1.82, 2.24) is 20.4 Å². The van der Waals surface area contributed by atoms with Gasteiger partial charge in [-0.2, -0.15) is 0 Å². The van der Waals surface area contributed by atoms with Crippen molar-refractivity contribution in [2.45, 2.75) is 12.8 Å². The molecule has 0 radical (unpaired) electrons. The summed E-state index contributed by atoms with van der Waals surface area (Å²) < 4.78 is 0. The molecule has 2 rings (SSSR count). The van der Waals surface area contributed by atoms with E-state index in [1.165, 1.54) is 65.2 Å². The molecule has 0 aromatic carbocycles. The fraction of sp³-hybridized carbons (Fsp3) is 1.00. The lowest BCUT2D eigenvalue weighted by atomic mass is 10.2. The number of hydrogen-bond acceptors (Lipinski definition) is 4. The van der Waals surface area contributed by atoms with Crippen molar-refractivity contribution in [2.24, 2.45) is 0 Å². The zero-order chi connectivity index (χ0) is 11.1. The zero-order valence-corrected chi connectivity index (χ0v) is 10.4. The quantitative estimate of drug-likeness (QED) is 0.587. The van der Waals surface area contributed by atoms with Crippen LogP contribution < -0.4 is 10.6 Å². The van der Waals surface area contributed by atoms with Gasteiger partial charge in [0, 0.05) is 39.3 Å². The van der Waals surface area contributed by atoms with Crippen molar-refractivity contribution in [3.8, 4) is 0 Å². The van der Waals surface area contributed by atoms with Gasteiger partial charge in [-0.1, -0.05) is 0 Å². The maximum atomic E-state index is 3.54. The molecule has 2 aliphatic rings. The molecule has 2 atom stereocenters. The Morgan fingerprint density at radius 1 is 0.500 bits per heavy atom. The Hall–Kier alpha value is -0.160. The Labute approximate surface area is 99.4 Å². The van der Waals surface area contributed by atoms with E-state index in [0.29, 0.717) is 0 Å². The Bertz CT molecular complexity index is 150. The van der Waals surface area contributed by atoms with Gasteiger partial charge in [0.15, 0.2) is 0 Å². The average Bonchev–Trinajstić information content (AvgIpc) is 2.33. The molecule has 0 saturated carbocycles. The molecule has 2 fully saturated rings. The van der Waals surface area contributed by atoms with Crippen LogP contribution in [-0.2, 0) is 0 Å². The highest BCUT2D eigenvalue weighted by Gasteiger charge is 2.12. The smallest absolute Gasteiger partial charge is 0.0110 e. The fourth-order valence-corrected chi connectivity index (χ4v) is 2.53. The van der Waals surface area contributed by atoms with E-state index in [9.17, 15) is 0 Å². The molecule has 2 aliphatic heterocycles. The summed E-state index contributed by atoms with van der Waals surface area (Å²) in [5, 5.41) is 7.08. The van der Waals surface area contributed by atoms with E-state index in [4.69, 9.17) is 0 Å². The van der Waals surface area contributed by atoms with Crippen molar-refractivity contribution in [3.63, 3.8) is 0 Å². The van der Waals surface area contributed by atoms with Crippen LogP contribution in [0.3, 0.4) is 0 Å². The maximum Gasteiger partial charge on any atom is 0.0110 e. The largest absolute Gasteiger partial charge is 0.315 e. The lowest BCUT2D eigenvalue weighted by Gasteiger charge is -2.30. The Kier molecular flexibility index (Phi) is 5.55. The second-order valence-corrected chi connectivity index (χ2v) is 4.89. The van der Waals surface area contributed by atoms with Gasteiger partial charge in [0.2, 0.25) is 0 Å². The molecule has 4 nitrogen and oxygen atoms in total. The topological polar surface area (TPSA) is 30.5 Å². The van der Waals surface area contributed by atoms with Gasteiger partial charge in [-0.05, 0) is 39.0 Å². The highest BCUT2D eigenvalue weighted by atomic mass is 15.2. The van der Waals surface area contributed by atoms with Crippen molar-refractivity contribution in [2.75, 3.05) is 65.4 Å². The molecule has 2 unspecified atom stereocenters. The monoisotopic (exact) mass is 226 g/mol. The SMILES string of the molecule is C1CNCCN2CCCNCCN(C1)CC2. The summed E-state index contributed by atoms with van der Waals surface area (Å²) in [5.74, 6) is 0. The molecule has 0 aromatic heterocycles. The van der Waals surface area contributed by atoms with Gasteiger partial charge < -0.3 is 20.4 Å². The summed E-state index contributed by atoms with van der Waals surface area (Å²) in [5.41, 5.74) is 0. The van der Waals surface area contributed by atoms with Gasteiger partial charge in [-0.15, -0.1) is 0 Å². The minimum Gasteiger partial charge on any atom is -0.315 e. The third-order valence-corrected chi connectivity index (χ3v) is 3.60. The van der Waals surface area contributed by atoms with Gasteiger partial charge in [0.1, 0.15) is 0 Å². The van der Waals surface area contributed by atoms with E-state index < -0.39 is 0 Å². The molecule has 0 aliphatic carbocycles. The maximum absolute atomic E-state index is 3.54. The number of hydrogen-bond donors (Lipinski definition) is 2. The highest BCUT2D eigenvalue weighted by molar-refractivity contribution is 4.70. The lowest BCUT2D eigenvalue weighted by molar-refractivity contribution is 0.184. The number of rotatable bonds is 0. The summed E-state index contributed by atoms with van der Waals surface area (Å²) >= 11 is 0. The zero-order valence-electron chi connectivity index (χ0n) is 10.4. The molecule has 2 heterocycles. The summed E-state index contributed by atoms with van der Waals surface area (Å²) in [4.78, 5) is 5.22. The van der Waals surface area contributed by atoms with E-state index in [1.807, 2.05) is 0 Å². The lowest BCUT2D eigenvalue weighted by Crippen LogP contribution is -2.45. The summed E-state index contributed by atoms with van der Waals surface area (Å²) in [7, 11) is 0. The second-order valence-electron chi connectivity index (χ2n) is 4.89. The van der Waals surface area contributed by atoms with E-state index >= 15 is 0 Å². The van der Waals surface area contributed by atoms with Crippen LogP contribution in [0.1, 0.15) is 12.8 Å². The average molecular weight is 226 g/mol. The third kappa shape index (κ3) is 4.37. The molecule has 4 heteroatoms. The van der Waals surface area contributed by atoms with Crippen LogP contribution in [0.5, 0.6) is 0 Å². The normalized spacial score (nSPS) is 34.5. The van der Waals surface area contributed by atoms with Crippen LogP contribution in [0.25, 0.3) is 0 Å². The fourth-order valence-electron chi connectivity index (χ4n) is 2.53. The van der Waals surface area contributed by atoms with Gasteiger partial charge in [-0.3, -0.25) is 0 Å². The van der Waals surface area contributed by atoms with Gasteiger partial charge >= 0.3 is 0 Å². The Morgan fingerprint density at radius 3 is 1.50 bits per heavy atom. The van der Waals surface area contributed by atoms with Crippen molar-refractivity contribution in [3.05, 3.63) is 0 Å². The predicted octanol–water partition coefficient (Wildman–Crippen LogP) is -0.423. The molecular weight excluding hydrogens is 200 g/mol. The molecule has 16 heavy (non-hydrogen) atoms. The van der Waals surface area contributed by atoms with Crippen LogP contribution in [0.2, 0.25) is 0 Å². The summed E-state index contributed by atoms with van der Waals surface area (Å²) in [6, 6.07) is 0. The van der Waals surface area contributed by atoms with Crippen LogP contribution in [0, 0.1) is 0 Å². The number of nitrogens with one attached hydrogen (secondary N) is 2. The van der Waals surface area contributed by atoms with Crippen LogP contribution in [-0.4, -0.2) is 75.2 Å². The molecular formula is C12H26N4. The first kappa shape index (κ1) is 12.3. The van der Waals surface area contributed by atoms with E-state index in [2.05, 4.69) is 20.4 Å². The van der Waals surface area contributed by atoms with Crippen LogP contribution in [0.4, 0.5) is 0 Å². The second kappa shape index (κ2) is 7.22. The highest BCUT2D eigenvalue weighted by Crippen LogP contribution is 1.99. The first-order valence-corrected chi connectivity index (χ1v) is 6.81. The standard InChI is InChI=1S/C12H26N4/c1-3-13-5-10-16-8-2-4-14-6-9-15(7-1)11-12-16/h13-14H,1-12H2. The van der Waals surface area contributed by atoms with Crippen LogP contribution in [0.15, 0.2) is 0 Å². The molecule has 2 saturated heterocycles. The van der Waals surface area contributed by atoms with Gasteiger partial charge in [-0.25, -0.2) is 0 Å². The molecule has 0 amide bonds. The van der Waals surface area contributed by atoms with Gasteiger partial charge in [0.25, 0.3) is 0 Å². The van der Waals surface area contributed by atoms with Crippen molar-refractivity contribution < 1.29 is 0 Å². The van der Waals surface area contributed by atoms with Gasteiger partial charge in [0.05, 0.1) is 0 Å². The Balaban J connectivity index is 1.88. The molecule has 0 spiro atoms. The van der Waals surface area contributed by atoms with Crippen molar-refractivity contribution in [1.29, 1.82) is 0 Å². The Morgan fingerprint density at radius 2 is 1.00 bits per heavy atom. The van der Waals surface area contributed by atoms with E-state index in [0.717, 1.165) is 13.1 Å². The molecule has 2 N–H and O–H groups in total. The molecule has 0 aromatic rings. The minimum atomic E-state index is 1.16. The number of fused-ring (bicyclic) bond motifs is 3. The molecule has 94 valence electrons. The van der Waals surface area contributed by atoms with Crippen molar-refractivity contribution >= 4 is 0 Å². The summed E-state index contributed by atoms with van der Waals surface area (Å²) in [6.45, 7) is 12.1. The number of nitrogens with zero attached hydrogens (tertiary/aromatic N) is 2. The third-order valence-electron chi connectivity index (χ3n) is 3.60. The summed E-state index contributed by atoms with van der Waals surface area (Å²) in [6.07, 6.45) is 2.58. The van der Waals surface area contributed by atoms with Crippen LogP contribution >= 0.6 is 0 Å². The first-order chi connectivity index (χ1) is 7.95. The van der Waals surface area contributed by atoms with E-state index in [-0.39, 0.29) is 0 Å². The molecule has 2 bridgehead atoms. The predicted molar refractivity (Wildman–Crippen MR) is 67.9 cm³/mol. The minimum absolute atomic E-state index is 1.16. The first-order valence-electron chi connectivity index (χ1n) is 6.81. The van der Waals surface area contributed by atoms with E-state index in [1.54, 1.807) is 0 Å².